The number of hydrogen-bond donors (Lipinski definition) is 3. The average molecular weight is 370 g/mol. The van der Waals surface area contributed by atoms with Crippen LogP contribution in [0, 0.1) is 0 Å². The van der Waals surface area contributed by atoms with Crippen molar-refractivity contribution in [3.8, 4) is 0 Å². The summed E-state index contributed by atoms with van der Waals surface area (Å²) in [6.07, 6.45) is 2.42. The molecule has 2 aromatic rings. The minimum absolute atomic E-state index is 0.165. The zero-order valence-electron chi connectivity index (χ0n) is 16.0. The van der Waals surface area contributed by atoms with Gasteiger partial charge in [-0.3, -0.25) is 4.79 Å². The Morgan fingerprint density at radius 2 is 1.81 bits per heavy atom. The molecule has 0 radical (unpaired) electrons. The summed E-state index contributed by atoms with van der Waals surface area (Å²) in [5.41, 5.74) is 1.43. The Morgan fingerprint density at radius 1 is 1.04 bits per heavy atom. The molecular formula is C22H31N3O2+2. The number of amides is 1. The van der Waals surface area contributed by atoms with Crippen LogP contribution in [0.1, 0.15) is 18.4 Å². The van der Waals surface area contributed by atoms with Gasteiger partial charge in [0, 0.05) is 18.7 Å². The number of quaternary nitrogens is 2. The SMILES string of the molecule is O=C(C[NH+]1CC[NH+](Cc2cccc3ccccc23)CC1)NC[C@@H]1CCCO1. The second-order valence-corrected chi connectivity index (χ2v) is 7.93. The summed E-state index contributed by atoms with van der Waals surface area (Å²) >= 11 is 0. The van der Waals surface area contributed by atoms with Gasteiger partial charge in [-0.15, -0.1) is 0 Å². The molecule has 0 unspecified atom stereocenters. The molecule has 0 aromatic heterocycles. The van der Waals surface area contributed by atoms with Crippen molar-refractivity contribution >= 4 is 16.7 Å². The van der Waals surface area contributed by atoms with Crippen LogP contribution in [0.3, 0.4) is 0 Å². The first-order chi connectivity index (χ1) is 13.3. The molecule has 5 nitrogen and oxygen atoms in total. The lowest BCUT2D eigenvalue weighted by atomic mass is 10.0. The van der Waals surface area contributed by atoms with Crippen LogP contribution in [0.2, 0.25) is 0 Å². The molecule has 2 fully saturated rings. The third kappa shape index (κ3) is 4.86. The van der Waals surface area contributed by atoms with Gasteiger partial charge in [0.1, 0.15) is 32.7 Å². The van der Waals surface area contributed by atoms with Gasteiger partial charge in [-0.1, -0.05) is 42.5 Å². The van der Waals surface area contributed by atoms with Crippen LogP contribution in [-0.4, -0.2) is 57.9 Å². The van der Waals surface area contributed by atoms with Crippen molar-refractivity contribution in [1.29, 1.82) is 0 Å². The molecule has 1 atom stereocenters. The fourth-order valence-corrected chi connectivity index (χ4v) is 4.35. The fraction of sp³-hybridized carbons (Fsp3) is 0.500. The van der Waals surface area contributed by atoms with E-state index in [1.165, 1.54) is 21.2 Å². The number of fused-ring (bicyclic) bond motifs is 1. The topological polar surface area (TPSA) is 47.2 Å². The van der Waals surface area contributed by atoms with Crippen LogP contribution >= 0.6 is 0 Å². The summed E-state index contributed by atoms with van der Waals surface area (Å²) in [6.45, 7) is 7.54. The Bertz CT molecular complexity index is 760. The number of nitrogens with one attached hydrogen (secondary N) is 3. The molecule has 0 spiro atoms. The summed E-state index contributed by atoms with van der Waals surface area (Å²) in [5, 5.41) is 5.74. The maximum absolute atomic E-state index is 12.2. The van der Waals surface area contributed by atoms with Crippen molar-refractivity contribution in [2.75, 3.05) is 45.9 Å². The molecule has 4 rings (SSSR count). The Labute approximate surface area is 161 Å². The number of carbonyl (C=O) groups is 1. The van der Waals surface area contributed by atoms with Crippen molar-refractivity contribution in [2.24, 2.45) is 0 Å². The third-order valence-corrected chi connectivity index (χ3v) is 5.95. The van der Waals surface area contributed by atoms with E-state index in [4.69, 9.17) is 4.74 Å². The summed E-state index contributed by atoms with van der Waals surface area (Å²) in [6, 6.07) is 15.2. The van der Waals surface area contributed by atoms with E-state index < -0.39 is 0 Å². The van der Waals surface area contributed by atoms with Crippen molar-refractivity contribution in [2.45, 2.75) is 25.5 Å². The van der Waals surface area contributed by atoms with Gasteiger partial charge in [0.15, 0.2) is 6.54 Å². The maximum atomic E-state index is 12.2. The van der Waals surface area contributed by atoms with Crippen molar-refractivity contribution in [3.63, 3.8) is 0 Å². The van der Waals surface area contributed by atoms with E-state index in [1.54, 1.807) is 4.90 Å². The lowest BCUT2D eigenvalue weighted by Crippen LogP contribution is -3.28. The lowest BCUT2D eigenvalue weighted by Gasteiger charge is -2.29. The highest BCUT2D eigenvalue weighted by Gasteiger charge is 2.25. The predicted molar refractivity (Wildman–Crippen MR) is 106 cm³/mol. The lowest BCUT2D eigenvalue weighted by molar-refractivity contribution is -1.02. The number of carbonyl (C=O) groups excluding carboxylic acids is 1. The van der Waals surface area contributed by atoms with Gasteiger partial charge < -0.3 is 19.9 Å². The Kier molecular flexibility index (Phi) is 6.02. The molecule has 0 bridgehead atoms. The molecule has 2 saturated heterocycles. The zero-order chi connectivity index (χ0) is 18.5. The molecule has 1 amide bonds. The number of benzene rings is 2. The first kappa shape index (κ1) is 18.4. The van der Waals surface area contributed by atoms with Gasteiger partial charge in [-0.05, 0) is 23.6 Å². The minimum atomic E-state index is 0.165. The molecule has 5 heteroatoms. The van der Waals surface area contributed by atoms with Crippen LogP contribution < -0.4 is 15.1 Å². The van der Waals surface area contributed by atoms with Crippen molar-refractivity contribution < 1.29 is 19.3 Å². The second kappa shape index (κ2) is 8.83. The Balaban J connectivity index is 1.23. The molecular weight excluding hydrogens is 338 g/mol. The van der Waals surface area contributed by atoms with E-state index >= 15 is 0 Å². The molecule has 0 saturated carbocycles. The van der Waals surface area contributed by atoms with Gasteiger partial charge >= 0.3 is 0 Å². The summed E-state index contributed by atoms with van der Waals surface area (Å²) in [7, 11) is 0. The Hall–Kier alpha value is -1.95. The van der Waals surface area contributed by atoms with Crippen LogP contribution in [0.25, 0.3) is 10.8 Å². The summed E-state index contributed by atoms with van der Waals surface area (Å²) in [4.78, 5) is 15.2. The van der Waals surface area contributed by atoms with Gasteiger partial charge in [0.2, 0.25) is 0 Å². The average Bonchev–Trinajstić information content (AvgIpc) is 3.22. The molecule has 2 aromatic carbocycles. The quantitative estimate of drug-likeness (QED) is 0.638. The van der Waals surface area contributed by atoms with Crippen molar-refractivity contribution in [1.82, 2.24) is 5.32 Å². The highest BCUT2D eigenvalue weighted by atomic mass is 16.5. The monoisotopic (exact) mass is 369 g/mol. The van der Waals surface area contributed by atoms with E-state index in [1.807, 2.05) is 0 Å². The summed E-state index contributed by atoms with van der Waals surface area (Å²) in [5.74, 6) is 0.165. The standard InChI is InChI=1S/C22H29N3O2/c26-22(23-15-20-8-4-14-27-20)17-25-12-10-24(11-13-25)16-19-7-3-6-18-5-1-2-9-21(18)19/h1-3,5-7,9,20H,4,8,10-17H2,(H,23,26)/p+2/t20-/m0/s1. The smallest absolute Gasteiger partial charge is 0.275 e. The first-order valence-electron chi connectivity index (χ1n) is 10.3. The van der Waals surface area contributed by atoms with E-state index in [2.05, 4.69) is 47.8 Å². The Morgan fingerprint density at radius 3 is 2.63 bits per heavy atom. The molecule has 2 aliphatic heterocycles. The number of ether oxygens (including phenoxy) is 1. The normalized spacial score (nSPS) is 25.6. The van der Waals surface area contributed by atoms with E-state index in [9.17, 15) is 4.79 Å². The highest BCUT2D eigenvalue weighted by Crippen LogP contribution is 2.17. The van der Waals surface area contributed by atoms with Gasteiger partial charge in [0.25, 0.3) is 5.91 Å². The molecule has 2 heterocycles. The van der Waals surface area contributed by atoms with Crippen molar-refractivity contribution in [3.05, 3.63) is 48.0 Å². The largest absolute Gasteiger partial charge is 0.376 e. The number of piperazine rings is 1. The molecule has 144 valence electrons. The van der Waals surface area contributed by atoms with E-state index in [-0.39, 0.29) is 12.0 Å². The second-order valence-electron chi connectivity index (χ2n) is 7.93. The fourth-order valence-electron chi connectivity index (χ4n) is 4.35. The molecule has 27 heavy (non-hydrogen) atoms. The van der Waals surface area contributed by atoms with E-state index in [0.717, 1.165) is 52.2 Å². The number of rotatable bonds is 6. The van der Waals surface area contributed by atoms with Crippen LogP contribution in [0.5, 0.6) is 0 Å². The number of hydrogen-bond acceptors (Lipinski definition) is 2. The van der Waals surface area contributed by atoms with Crippen LogP contribution in [0.4, 0.5) is 0 Å². The van der Waals surface area contributed by atoms with Crippen LogP contribution in [-0.2, 0) is 16.1 Å². The minimum Gasteiger partial charge on any atom is -0.376 e. The van der Waals surface area contributed by atoms with Gasteiger partial charge in [0.05, 0.1) is 6.10 Å². The first-order valence-corrected chi connectivity index (χ1v) is 10.3. The molecule has 3 N–H and O–H groups in total. The molecule has 2 aliphatic rings. The highest BCUT2D eigenvalue weighted by molar-refractivity contribution is 5.85. The van der Waals surface area contributed by atoms with Gasteiger partial charge in [-0.25, -0.2) is 0 Å². The predicted octanol–water partition coefficient (Wildman–Crippen LogP) is -0.582. The third-order valence-electron chi connectivity index (χ3n) is 5.95. The summed E-state index contributed by atoms with van der Waals surface area (Å²) < 4.78 is 5.57. The molecule has 0 aliphatic carbocycles. The van der Waals surface area contributed by atoms with Crippen LogP contribution in [0.15, 0.2) is 42.5 Å². The van der Waals surface area contributed by atoms with E-state index in [0.29, 0.717) is 13.1 Å². The van der Waals surface area contributed by atoms with Gasteiger partial charge in [-0.2, -0.15) is 0 Å². The zero-order valence-corrected chi connectivity index (χ0v) is 16.0. The maximum Gasteiger partial charge on any atom is 0.275 e.